The van der Waals surface area contributed by atoms with Crippen LogP contribution in [-0.4, -0.2) is 29.8 Å². The van der Waals surface area contributed by atoms with E-state index in [1.54, 1.807) is 11.3 Å². The molecule has 0 spiro atoms. The molecule has 1 fully saturated rings. The van der Waals surface area contributed by atoms with Crippen molar-refractivity contribution in [3.05, 3.63) is 59.9 Å². The monoisotopic (exact) mass is 356 g/mol. The quantitative estimate of drug-likeness (QED) is 0.759. The number of anilines is 1. The lowest BCUT2D eigenvalue weighted by Crippen LogP contribution is -2.46. The zero-order valence-electron chi connectivity index (χ0n) is 14.0. The van der Waals surface area contributed by atoms with E-state index in [0.29, 0.717) is 0 Å². The van der Waals surface area contributed by atoms with Crippen LogP contribution in [0, 0.1) is 11.2 Å². The number of fused-ring (bicyclic) bond motifs is 1. The average molecular weight is 356 g/mol. The number of para-hydroxylation sites is 1. The van der Waals surface area contributed by atoms with E-state index in [1.165, 1.54) is 16.8 Å². The Balaban J connectivity index is 1.58. The van der Waals surface area contributed by atoms with Crippen molar-refractivity contribution in [3.8, 4) is 0 Å². The molecule has 0 bridgehead atoms. The van der Waals surface area contributed by atoms with Crippen molar-refractivity contribution in [2.24, 2.45) is 5.41 Å². The molecule has 1 aliphatic rings. The van der Waals surface area contributed by atoms with E-state index >= 15 is 0 Å². The van der Waals surface area contributed by atoms with E-state index in [4.69, 9.17) is 4.98 Å². The van der Waals surface area contributed by atoms with Crippen molar-refractivity contribution < 1.29 is 9.50 Å². The summed E-state index contributed by atoms with van der Waals surface area (Å²) in [4.78, 5) is 7.07. The maximum atomic E-state index is 13.2. The topological polar surface area (TPSA) is 36.4 Å². The fourth-order valence-electron chi connectivity index (χ4n) is 3.73. The van der Waals surface area contributed by atoms with Gasteiger partial charge in [-0.1, -0.05) is 35.6 Å². The summed E-state index contributed by atoms with van der Waals surface area (Å²) in [5, 5.41) is 11.2. The molecule has 1 unspecified atom stereocenters. The maximum Gasteiger partial charge on any atom is 0.186 e. The molecule has 0 saturated carbocycles. The van der Waals surface area contributed by atoms with Crippen LogP contribution in [0.1, 0.15) is 18.4 Å². The van der Waals surface area contributed by atoms with Gasteiger partial charge in [0.2, 0.25) is 0 Å². The van der Waals surface area contributed by atoms with Gasteiger partial charge in [0.05, 0.1) is 16.8 Å². The van der Waals surface area contributed by atoms with Crippen LogP contribution in [-0.2, 0) is 6.42 Å². The first-order chi connectivity index (χ1) is 12.2. The third-order valence-corrected chi connectivity index (χ3v) is 6.14. The summed E-state index contributed by atoms with van der Waals surface area (Å²) in [5.41, 5.74) is 1.90. The predicted octanol–water partition coefficient (Wildman–Crippen LogP) is 4.26. The smallest absolute Gasteiger partial charge is 0.186 e. The van der Waals surface area contributed by atoms with Gasteiger partial charge in [-0.15, -0.1) is 0 Å². The Morgan fingerprint density at radius 1 is 1.16 bits per heavy atom. The number of aliphatic hydroxyl groups is 1. The lowest BCUT2D eigenvalue weighted by Gasteiger charge is -2.42. The molecule has 25 heavy (non-hydrogen) atoms. The van der Waals surface area contributed by atoms with Crippen LogP contribution in [0.5, 0.6) is 0 Å². The van der Waals surface area contributed by atoms with E-state index in [2.05, 4.69) is 11.0 Å². The number of nitrogens with zero attached hydrogens (tertiary/aromatic N) is 2. The summed E-state index contributed by atoms with van der Waals surface area (Å²) in [7, 11) is 0. The second kappa shape index (κ2) is 6.73. The number of benzene rings is 2. The number of thiazole rings is 1. The number of halogens is 1. The van der Waals surface area contributed by atoms with E-state index < -0.39 is 0 Å². The molecule has 1 aliphatic heterocycles. The van der Waals surface area contributed by atoms with Crippen molar-refractivity contribution in [1.82, 2.24) is 4.98 Å². The highest BCUT2D eigenvalue weighted by atomic mass is 32.1. The van der Waals surface area contributed by atoms with Gasteiger partial charge in [0.1, 0.15) is 5.82 Å². The third-order valence-electron chi connectivity index (χ3n) is 5.04. The molecule has 2 aromatic carbocycles. The lowest BCUT2D eigenvalue weighted by molar-refractivity contribution is 0.105. The van der Waals surface area contributed by atoms with Crippen molar-refractivity contribution in [2.45, 2.75) is 19.3 Å². The number of hydrogen-bond donors (Lipinski definition) is 1. The van der Waals surface area contributed by atoms with Gasteiger partial charge in [0.15, 0.2) is 5.13 Å². The standard InChI is InChI=1S/C20H21FN2OS/c21-16-8-6-15(7-9-16)12-20(14-24)10-3-11-23(13-20)19-22-17-4-1-2-5-18(17)25-19/h1-2,4-9,24H,3,10-14H2. The molecule has 130 valence electrons. The molecule has 1 aromatic heterocycles. The van der Waals surface area contributed by atoms with E-state index in [0.717, 1.165) is 48.6 Å². The van der Waals surface area contributed by atoms with Crippen molar-refractivity contribution in [2.75, 3.05) is 24.6 Å². The molecular formula is C20H21FN2OS. The molecule has 3 nitrogen and oxygen atoms in total. The number of rotatable bonds is 4. The highest BCUT2D eigenvalue weighted by molar-refractivity contribution is 7.22. The van der Waals surface area contributed by atoms with Crippen LogP contribution >= 0.6 is 11.3 Å². The summed E-state index contributed by atoms with van der Waals surface area (Å²) >= 11 is 1.71. The number of piperidine rings is 1. The second-order valence-corrected chi connectivity index (χ2v) is 7.96. The minimum absolute atomic E-state index is 0.131. The zero-order chi connectivity index (χ0) is 17.3. The summed E-state index contributed by atoms with van der Waals surface area (Å²) in [5.74, 6) is -0.221. The van der Waals surface area contributed by atoms with Gasteiger partial charge in [-0.05, 0) is 49.1 Å². The normalized spacial score (nSPS) is 21.0. The second-order valence-electron chi connectivity index (χ2n) is 6.95. The van der Waals surface area contributed by atoms with Gasteiger partial charge >= 0.3 is 0 Å². The highest BCUT2D eigenvalue weighted by Crippen LogP contribution is 2.38. The summed E-state index contributed by atoms with van der Waals surface area (Å²) in [6.45, 7) is 1.87. The highest BCUT2D eigenvalue weighted by Gasteiger charge is 2.36. The van der Waals surface area contributed by atoms with Crippen molar-refractivity contribution in [3.63, 3.8) is 0 Å². The van der Waals surface area contributed by atoms with Gasteiger partial charge in [-0.3, -0.25) is 0 Å². The van der Waals surface area contributed by atoms with Crippen LogP contribution in [0.4, 0.5) is 9.52 Å². The predicted molar refractivity (Wildman–Crippen MR) is 101 cm³/mol. The average Bonchev–Trinajstić information content (AvgIpc) is 3.08. The van der Waals surface area contributed by atoms with Crippen LogP contribution in [0.3, 0.4) is 0 Å². The molecule has 0 aliphatic carbocycles. The minimum Gasteiger partial charge on any atom is -0.396 e. The molecule has 1 N–H and O–H groups in total. The van der Waals surface area contributed by atoms with E-state index in [9.17, 15) is 9.50 Å². The van der Waals surface area contributed by atoms with Crippen LogP contribution in [0.2, 0.25) is 0 Å². The Bertz CT molecular complexity index is 831. The maximum absolute atomic E-state index is 13.2. The molecule has 2 heterocycles. The van der Waals surface area contributed by atoms with Gasteiger partial charge in [-0.25, -0.2) is 9.37 Å². The molecule has 0 radical (unpaired) electrons. The molecule has 5 heteroatoms. The van der Waals surface area contributed by atoms with Gasteiger partial charge in [-0.2, -0.15) is 0 Å². The molecule has 1 atom stereocenters. The molecule has 4 rings (SSSR count). The largest absolute Gasteiger partial charge is 0.396 e. The summed E-state index contributed by atoms with van der Waals surface area (Å²) < 4.78 is 14.4. The molecular weight excluding hydrogens is 335 g/mol. The molecule has 1 saturated heterocycles. The Morgan fingerprint density at radius 2 is 1.96 bits per heavy atom. The number of hydrogen-bond acceptors (Lipinski definition) is 4. The van der Waals surface area contributed by atoms with Crippen LogP contribution in [0.15, 0.2) is 48.5 Å². The number of aliphatic hydroxyl groups excluding tert-OH is 1. The third kappa shape index (κ3) is 3.39. The fourth-order valence-corrected chi connectivity index (χ4v) is 4.72. The minimum atomic E-state index is -0.221. The Kier molecular flexibility index (Phi) is 4.44. The first kappa shape index (κ1) is 16.5. The van der Waals surface area contributed by atoms with E-state index in [-0.39, 0.29) is 17.8 Å². The first-order valence-electron chi connectivity index (χ1n) is 8.63. The Hall–Kier alpha value is -1.98. The SMILES string of the molecule is OCC1(Cc2ccc(F)cc2)CCCN(c2nc3ccccc3s2)C1. The molecule has 0 amide bonds. The Morgan fingerprint density at radius 3 is 2.72 bits per heavy atom. The van der Waals surface area contributed by atoms with Gasteiger partial charge in [0, 0.05) is 18.5 Å². The number of aromatic nitrogens is 1. The van der Waals surface area contributed by atoms with Crippen LogP contribution in [0.25, 0.3) is 10.2 Å². The van der Waals surface area contributed by atoms with E-state index in [1.807, 2.05) is 30.3 Å². The fraction of sp³-hybridized carbons (Fsp3) is 0.350. The lowest BCUT2D eigenvalue weighted by atomic mass is 9.76. The van der Waals surface area contributed by atoms with Gasteiger partial charge < -0.3 is 10.0 Å². The first-order valence-corrected chi connectivity index (χ1v) is 9.45. The van der Waals surface area contributed by atoms with Crippen LogP contribution < -0.4 is 4.90 Å². The summed E-state index contributed by atoms with van der Waals surface area (Å²) in [6, 6.07) is 14.8. The van der Waals surface area contributed by atoms with Crippen molar-refractivity contribution >= 4 is 26.7 Å². The Labute approximate surface area is 150 Å². The van der Waals surface area contributed by atoms with Crippen molar-refractivity contribution in [1.29, 1.82) is 0 Å². The zero-order valence-corrected chi connectivity index (χ0v) is 14.8. The van der Waals surface area contributed by atoms with Gasteiger partial charge in [0.25, 0.3) is 0 Å². The summed E-state index contributed by atoms with van der Waals surface area (Å²) in [6.07, 6.45) is 2.76. The molecule has 3 aromatic rings.